The molecule has 27 heavy (non-hydrogen) atoms. The van der Waals surface area contributed by atoms with Crippen LogP contribution in [0.15, 0.2) is 59.3 Å². The van der Waals surface area contributed by atoms with Crippen LogP contribution in [0.25, 0.3) is 6.08 Å². The second-order valence-corrected chi connectivity index (χ2v) is 6.75. The van der Waals surface area contributed by atoms with Gasteiger partial charge in [0.05, 0.1) is 23.9 Å². The Bertz CT molecular complexity index is 991. The third kappa shape index (κ3) is 3.70. The first-order valence-corrected chi connectivity index (χ1v) is 8.68. The lowest BCUT2D eigenvalue weighted by molar-refractivity contribution is -0.136. The summed E-state index contributed by atoms with van der Waals surface area (Å²) in [5.41, 5.74) is 1.70. The first kappa shape index (κ1) is 19.0. The fourth-order valence-electron chi connectivity index (χ4n) is 2.94. The summed E-state index contributed by atoms with van der Waals surface area (Å²) in [6.07, 6.45) is 1.53. The molecule has 0 aliphatic carbocycles. The number of esters is 1. The fraction of sp³-hybridized carbons (Fsp3) is 0.100. The maximum absolute atomic E-state index is 13.1. The molecular weight excluding hydrogens is 389 g/mol. The highest BCUT2D eigenvalue weighted by atomic mass is 35.5. The molecule has 0 unspecified atom stereocenters. The van der Waals surface area contributed by atoms with E-state index in [2.05, 4.69) is 0 Å². The van der Waals surface area contributed by atoms with Gasteiger partial charge in [0.1, 0.15) is 5.75 Å². The summed E-state index contributed by atoms with van der Waals surface area (Å²) >= 11 is 12.1. The number of rotatable bonds is 3. The predicted octanol–water partition coefficient (Wildman–Crippen LogP) is 4.58. The molecule has 1 aliphatic rings. The normalized spacial score (nSPS) is 15.6. The number of allylic oxidation sites excluding steroid dienone is 1. The molecule has 7 heteroatoms. The molecule has 0 fully saturated rings. The summed E-state index contributed by atoms with van der Waals surface area (Å²) in [6.45, 7) is 1.64. The van der Waals surface area contributed by atoms with Crippen LogP contribution in [0, 0.1) is 0 Å². The van der Waals surface area contributed by atoms with Gasteiger partial charge in [-0.2, -0.15) is 0 Å². The number of aromatic hydroxyl groups is 1. The highest BCUT2D eigenvalue weighted by Gasteiger charge is 2.38. The third-order valence-corrected chi connectivity index (χ3v) is 4.51. The van der Waals surface area contributed by atoms with E-state index in [0.29, 0.717) is 27.0 Å². The van der Waals surface area contributed by atoms with Gasteiger partial charge in [-0.1, -0.05) is 35.3 Å². The molecule has 0 bridgehead atoms. The van der Waals surface area contributed by atoms with Gasteiger partial charge in [-0.15, -0.1) is 0 Å². The third-order valence-electron chi connectivity index (χ3n) is 4.08. The number of amides is 1. The van der Waals surface area contributed by atoms with E-state index in [-0.39, 0.29) is 16.9 Å². The van der Waals surface area contributed by atoms with Crippen LogP contribution in [-0.2, 0) is 14.3 Å². The summed E-state index contributed by atoms with van der Waals surface area (Å²) in [7, 11) is 1.25. The van der Waals surface area contributed by atoms with E-state index in [1.54, 1.807) is 37.3 Å². The minimum Gasteiger partial charge on any atom is -0.508 e. The van der Waals surface area contributed by atoms with Crippen molar-refractivity contribution in [2.45, 2.75) is 6.92 Å². The Morgan fingerprint density at radius 2 is 1.81 bits per heavy atom. The highest BCUT2D eigenvalue weighted by molar-refractivity contribution is 6.35. The molecule has 2 aromatic carbocycles. The van der Waals surface area contributed by atoms with Crippen molar-refractivity contribution in [2.75, 3.05) is 12.0 Å². The molecule has 0 saturated heterocycles. The molecule has 0 radical (unpaired) electrons. The Morgan fingerprint density at radius 1 is 1.15 bits per heavy atom. The standard InChI is InChI=1S/C20H15Cl2NO4/c1-11-18(20(26)27-2)17(7-12-4-3-5-16(24)6-12)19(25)23(11)15-9-13(21)8-14(22)10-15/h3-10,24H,1-2H3/b17-7-. The molecule has 0 spiro atoms. The molecule has 5 nitrogen and oxygen atoms in total. The number of ether oxygens (including phenoxy) is 1. The Hall–Kier alpha value is -2.76. The molecule has 1 aliphatic heterocycles. The minimum absolute atomic E-state index is 0.0496. The van der Waals surface area contributed by atoms with Gasteiger partial charge < -0.3 is 9.84 Å². The van der Waals surface area contributed by atoms with Crippen LogP contribution in [-0.4, -0.2) is 24.1 Å². The van der Waals surface area contributed by atoms with E-state index in [1.165, 1.54) is 30.2 Å². The van der Waals surface area contributed by atoms with Crippen LogP contribution in [0.3, 0.4) is 0 Å². The summed E-state index contributed by atoms with van der Waals surface area (Å²) in [6, 6.07) is 11.1. The Labute approximate surface area is 166 Å². The van der Waals surface area contributed by atoms with Crippen molar-refractivity contribution < 1.29 is 19.4 Å². The van der Waals surface area contributed by atoms with Crippen molar-refractivity contribution in [3.8, 4) is 5.75 Å². The lowest BCUT2D eigenvalue weighted by Crippen LogP contribution is -2.24. The molecule has 0 aromatic heterocycles. The summed E-state index contributed by atoms with van der Waals surface area (Å²) < 4.78 is 4.86. The van der Waals surface area contributed by atoms with Gasteiger partial charge in [0.15, 0.2) is 0 Å². The van der Waals surface area contributed by atoms with E-state index in [0.717, 1.165) is 0 Å². The van der Waals surface area contributed by atoms with Gasteiger partial charge in [0, 0.05) is 15.7 Å². The summed E-state index contributed by atoms with van der Waals surface area (Å²) in [5.74, 6) is -1.01. The van der Waals surface area contributed by atoms with E-state index >= 15 is 0 Å². The Kier molecular flexibility index (Phi) is 5.26. The van der Waals surface area contributed by atoms with Crippen LogP contribution in [0.4, 0.5) is 5.69 Å². The molecule has 1 heterocycles. The lowest BCUT2D eigenvalue weighted by atomic mass is 10.0. The minimum atomic E-state index is -0.636. The molecular formula is C20H15Cl2NO4. The van der Waals surface area contributed by atoms with Crippen molar-refractivity contribution in [3.63, 3.8) is 0 Å². The maximum atomic E-state index is 13.1. The van der Waals surface area contributed by atoms with E-state index in [4.69, 9.17) is 27.9 Å². The van der Waals surface area contributed by atoms with Gasteiger partial charge in [0.25, 0.3) is 5.91 Å². The van der Waals surface area contributed by atoms with Gasteiger partial charge in [-0.05, 0) is 48.9 Å². The number of nitrogens with zero attached hydrogens (tertiary/aromatic N) is 1. The van der Waals surface area contributed by atoms with Gasteiger partial charge >= 0.3 is 5.97 Å². The zero-order valence-corrected chi connectivity index (χ0v) is 16.0. The second kappa shape index (κ2) is 7.47. The number of phenolic OH excluding ortho intramolecular Hbond substituents is 1. The monoisotopic (exact) mass is 403 g/mol. The smallest absolute Gasteiger partial charge is 0.340 e. The van der Waals surface area contributed by atoms with E-state index in [9.17, 15) is 14.7 Å². The molecule has 1 N–H and O–H groups in total. The van der Waals surface area contributed by atoms with Crippen molar-refractivity contribution in [2.24, 2.45) is 0 Å². The number of carbonyl (C=O) groups excluding carboxylic acids is 2. The first-order chi connectivity index (χ1) is 12.8. The number of carbonyl (C=O) groups is 2. The Morgan fingerprint density at radius 3 is 2.41 bits per heavy atom. The highest BCUT2D eigenvalue weighted by Crippen LogP contribution is 2.37. The molecule has 0 saturated carbocycles. The number of methoxy groups -OCH3 is 1. The molecule has 2 aromatic rings. The van der Waals surface area contributed by atoms with E-state index in [1.807, 2.05) is 0 Å². The average molecular weight is 404 g/mol. The number of phenols is 1. The van der Waals surface area contributed by atoms with Crippen LogP contribution in [0.5, 0.6) is 5.75 Å². The summed E-state index contributed by atoms with van der Waals surface area (Å²) in [4.78, 5) is 26.8. The quantitative estimate of drug-likeness (QED) is 0.601. The van der Waals surface area contributed by atoms with Crippen LogP contribution < -0.4 is 4.90 Å². The summed E-state index contributed by atoms with van der Waals surface area (Å²) in [5, 5.41) is 10.4. The van der Waals surface area contributed by atoms with Crippen molar-refractivity contribution in [1.82, 2.24) is 0 Å². The number of anilines is 1. The molecule has 0 atom stereocenters. The number of hydrogen-bond donors (Lipinski definition) is 1. The van der Waals surface area contributed by atoms with E-state index < -0.39 is 11.9 Å². The molecule has 1 amide bonds. The fourth-order valence-corrected chi connectivity index (χ4v) is 3.46. The number of halogens is 2. The molecule has 138 valence electrons. The zero-order chi connectivity index (χ0) is 19.7. The average Bonchev–Trinajstić information content (AvgIpc) is 2.83. The second-order valence-electron chi connectivity index (χ2n) is 5.87. The van der Waals surface area contributed by atoms with Crippen molar-refractivity contribution >= 4 is 46.8 Å². The Balaban J connectivity index is 2.17. The number of benzene rings is 2. The van der Waals surface area contributed by atoms with Crippen LogP contribution in [0.1, 0.15) is 12.5 Å². The van der Waals surface area contributed by atoms with Crippen LogP contribution in [0.2, 0.25) is 10.0 Å². The number of hydrogen-bond acceptors (Lipinski definition) is 4. The largest absolute Gasteiger partial charge is 0.508 e. The van der Waals surface area contributed by atoms with Gasteiger partial charge in [-0.25, -0.2) is 4.79 Å². The first-order valence-electron chi connectivity index (χ1n) is 7.92. The van der Waals surface area contributed by atoms with Crippen molar-refractivity contribution in [1.29, 1.82) is 0 Å². The van der Waals surface area contributed by atoms with Crippen LogP contribution >= 0.6 is 23.2 Å². The topological polar surface area (TPSA) is 66.8 Å². The van der Waals surface area contributed by atoms with Gasteiger partial charge in [0.2, 0.25) is 0 Å². The zero-order valence-electron chi connectivity index (χ0n) is 14.5. The maximum Gasteiger partial charge on any atom is 0.340 e. The van der Waals surface area contributed by atoms with Gasteiger partial charge in [-0.3, -0.25) is 9.69 Å². The lowest BCUT2D eigenvalue weighted by Gasteiger charge is -2.18. The SMILES string of the molecule is COC(=O)C1=C(C)N(c2cc(Cl)cc(Cl)c2)C(=O)/C1=C\c1cccc(O)c1. The predicted molar refractivity (Wildman–Crippen MR) is 105 cm³/mol. The molecule has 3 rings (SSSR count). The van der Waals surface area contributed by atoms with Crippen molar-refractivity contribution in [3.05, 3.63) is 74.9 Å².